The molecule has 1 heterocycles. The monoisotopic (exact) mass is 364 g/mol. The Morgan fingerprint density at radius 3 is 2.67 bits per heavy atom. The average Bonchev–Trinajstić information content (AvgIpc) is 3.13. The highest BCUT2D eigenvalue weighted by atomic mass is 16.5. The van der Waals surface area contributed by atoms with Gasteiger partial charge < -0.3 is 13.9 Å². The van der Waals surface area contributed by atoms with Crippen molar-refractivity contribution in [1.29, 1.82) is 0 Å². The van der Waals surface area contributed by atoms with Crippen LogP contribution < -0.4 is 14.9 Å². The fraction of sp³-hybridized carbons (Fsp3) is 0.143. The third-order valence-corrected chi connectivity index (χ3v) is 3.91. The second-order valence-corrected chi connectivity index (χ2v) is 5.77. The Morgan fingerprint density at radius 1 is 1.15 bits per heavy atom. The first-order valence-corrected chi connectivity index (χ1v) is 8.39. The van der Waals surface area contributed by atoms with Crippen LogP contribution in [0.3, 0.4) is 0 Å². The van der Waals surface area contributed by atoms with E-state index in [0.717, 1.165) is 11.1 Å². The number of methoxy groups -OCH3 is 1. The van der Waals surface area contributed by atoms with Gasteiger partial charge in [0.25, 0.3) is 5.91 Å². The smallest absolute Gasteiger partial charge is 0.274 e. The minimum absolute atomic E-state index is 0.327. The molecule has 0 radical (unpaired) electrons. The molecule has 0 unspecified atom stereocenters. The van der Waals surface area contributed by atoms with Crippen molar-refractivity contribution in [3.05, 3.63) is 83.3 Å². The molecule has 0 aliphatic rings. The predicted octanol–water partition coefficient (Wildman–Crippen LogP) is 3.94. The SMILES string of the molecule is COc1ccc(C=NNC(=O)c2ccoc2C)cc1OCc1ccccc1. The molecule has 0 aliphatic carbocycles. The molecule has 138 valence electrons. The van der Waals surface area contributed by atoms with Crippen molar-refractivity contribution < 1.29 is 18.7 Å². The van der Waals surface area contributed by atoms with Gasteiger partial charge in [-0.15, -0.1) is 0 Å². The molecule has 0 bridgehead atoms. The van der Waals surface area contributed by atoms with Crippen molar-refractivity contribution >= 4 is 12.1 Å². The summed E-state index contributed by atoms with van der Waals surface area (Å²) in [4.78, 5) is 12.0. The first-order valence-electron chi connectivity index (χ1n) is 8.39. The van der Waals surface area contributed by atoms with E-state index >= 15 is 0 Å². The number of aryl methyl sites for hydroxylation is 1. The Kier molecular flexibility index (Phi) is 5.89. The van der Waals surface area contributed by atoms with Crippen molar-refractivity contribution in [2.45, 2.75) is 13.5 Å². The summed E-state index contributed by atoms with van der Waals surface area (Å²) in [5, 5.41) is 3.99. The van der Waals surface area contributed by atoms with E-state index in [4.69, 9.17) is 13.9 Å². The molecule has 1 amide bonds. The van der Waals surface area contributed by atoms with Crippen molar-refractivity contribution in [2.24, 2.45) is 5.10 Å². The van der Waals surface area contributed by atoms with Crippen LogP contribution in [0.1, 0.15) is 27.2 Å². The highest BCUT2D eigenvalue weighted by Crippen LogP contribution is 2.28. The molecular formula is C21H20N2O4. The molecule has 0 spiro atoms. The number of amides is 1. The second-order valence-electron chi connectivity index (χ2n) is 5.77. The maximum Gasteiger partial charge on any atom is 0.274 e. The number of ether oxygens (including phenoxy) is 2. The lowest BCUT2D eigenvalue weighted by Gasteiger charge is -2.11. The summed E-state index contributed by atoms with van der Waals surface area (Å²) in [7, 11) is 1.59. The van der Waals surface area contributed by atoms with Crippen LogP contribution in [-0.4, -0.2) is 19.2 Å². The van der Waals surface area contributed by atoms with E-state index in [-0.39, 0.29) is 5.91 Å². The molecule has 0 saturated heterocycles. The van der Waals surface area contributed by atoms with Crippen molar-refractivity contribution in [1.82, 2.24) is 5.43 Å². The van der Waals surface area contributed by atoms with E-state index in [0.29, 0.717) is 29.4 Å². The maximum atomic E-state index is 12.0. The van der Waals surface area contributed by atoms with Gasteiger partial charge >= 0.3 is 0 Å². The Balaban J connectivity index is 1.67. The van der Waals surface area contributed by atoms with Crippen LogP contribution in [0.15, 0.2) is 70.4 Å². The molecule has 0 atom stereocenters. The van der Waals surface area contributed by atoms with Gasteiger partial charge in [0.2, 0.25) is 0 Å². The van der Waals surface area contributed by atoms with Gasteiger partial charge in [0.15, 0.2) is 11.5 Å². The molecule has 3 aromatic rings. The van der Waals surface area contributed by atoms with Crippen molar-refractivity contribution in [3.8, 4) is 11.5 Å². The topological polar surface area (TPSA) is 73.1 Å². The number of hydrogen-bond acceptors (Lipinski definition) is 5. The highest BCUT2D eigenvalue weighted by Gasteiger charge is 2.10. The molecule has 0 fully saturated rings. The summed E-state index contributed by atoms with van der Waals surface area (Å²) in [5.41, 5.74) is 4.75. The third kappa shape index (κ3) is 4.76. The average molecular weight is 364 g/mol. The van der Waals surface area contributed by atoms with Crippen LogP contribution in [0, 0.1) is 6.92 Å². The zero-order chi connectivity index (χ0) is 19.1. The predicted molar refractivity (Wildman–Crippen MR) is 102 cm³/mol. The maximum absolute atomic E-state index is 12.0. The van der Waals surface area contributed by atoms with Gasteiger partial charge in [-0.25, -0.2) is 5.43 Å². The molecule has 0 saturated carbocycles. The van der Waals surface area contributed by atoms with E-state index in [1.54, 1.807) is 38.4 Å². The lowest BCUT2D eigenvalue weighted by atomic mass is 10.2. The molecular weight excluding hydrogens is 344 g/mol. The Hall–Kier alpha value is -3.54. The standard InChI is InChI=1S/C21H20N2O4/c1-15-18(10-11-26-15)21(24)23-22-13-17-8-9-19(25-2)20(12-17)27-14-16-6-4-3-5-7-16/h3-13H,14H2,1-2H3,(H,23,24). The number of benzene rings is 2. The fourth-order valence-electron chi connectivity index (χ4n) is 2.47. The van der Waals surface area contributed by atoms with Gasteiger partial charge in [-0.3, -0.25) is 4.79 Å². The number of rotatable bonds is 7. The molecule has 27 heavy (non-hydrogen) atoms. The Labute approximate surface area is 157 Å². The molecule has 6 nitrogen and oxygen atoms in total. The number of furan rings is 1. The largest absolute Gasteiger partial charge is 0.493 e. The Morgan fingerprint density at radius 2 is 1.96 bits per heavy atom. The van der Waals surface area contributed by atoms with Crippen LogP contribution in [0.25, 0.3) is 0 Å². The minimum Gasteiger partial charge on any atom is -0.493 e. The van der Waals surface area contributed by atoms with E-state index < -0.39 is 0 Å². The van der Waals surface area contributed by atoms with Crippen LogP contribution in [0.5, 0.6) is 11.5 Å². The molecule has 1 aromatic heterocycles. The fourth-order valence-corrected chi connectivity index (χ4v) is 2.47. The van der Waals surface area contributed by atoms with E-state index in [1.165, 1.54) is 6.26 Å². The number of hydrazone groups is 1. The summed E-state index contributed by atoms with van der Waals surface area (Å²) in [5.74, 6) is 1.44. The van der Waals surface area contributed by atoms with Crippen LogP contribution in [-0.2, 0) is 6.61 Å². The van der Waals surface area contributed by atoms with E-state index in [2.05, 4.69) is 10.5 Å². The first kappa shape index (κ1) is 18.3. The zero-order valence-electron chi connectivity index (χ0n) is 15.1. The van der Waals surface area contributed by atoms with Crippen molar-refractivity contribution in [3.63, 3.8) is 0 Å². The summed E-state index contributed by atoms with van der Waals surface area (Å²) in [6.07, 6.45) is 3.01. The molecule has 1 N–H and O–H groups in total. The summed E-state index contributed by atoms with van der Waals surface area (Å²) >= 11 is 0. The highest BCUT2D eigenvalue weighted by molar-refractivity contribution is 5.95. The quantitative estimate of drug-likeness (QED) is 0.509. The lowest BCUT2D eigenvalue weighted by molar-refractivity contribution is 0.0953. The van der Waals surface area contributed by atoms with Gasteiger partial charge in [0.1, 0.15) is 12.4 Å². The minimum atomic E-state index is -0.327. The van der Waals surface area contributed by atoms with E-state index in [1.807, 2.05) is 36.4 Å². The van der Waals surface area contributed by atoms with Gasteiger partial charge in [-0.05, 0) is 42.3 Å². The number of carbonyl (C=O) groups is 1. The molecule has 6 heteroatoms. The normalized spacial score (nSPS) is 10.7. The zero-order valence-corrected chi connectivity index (χ0v) is 15.1. The third-order valence-electron chi connectivity index (χ3n) is 3.91. The summed E-state index contributed by atoms with van der Waals surface area (Å²) in [6, 6.07) is 16.9. The number of nitrogens with one attached hydrogen (secondary N) is 1. The van der Waals surface area contributed by atoms with Crippen LogP contribution >= 0.6 is 0 Å². The number of carbonyl (C=O) groups excluding carboxylic acids is 1. The van der Waals surface area contributed by atoms with Crippen LogP contribution in [0.2, 0.25) is 0 Å². The first-order chi connectivity index (χ1) is 13.2. The van der Waals surface area contributed by atoms with Gasteiger partial charge in [-0.2, -0.15) is 5.10 Å². The second kappa shape index (κ2) is 8.71. The Bertz CT molecular complexity index is 932. The summed E-state index contributed by atoms with van der Waals surface area (Å²) < 4.78 is 16.3. The van der Waals surface area contributed by atoms with Gasteiger partial charge in [-0.1, -0.05) is 30.3 Å². The lowest BCUT2D eigenvalue weighted by Crippen LogP contribution is -2.17. The molecule has 0 aliphatic heterocycles. The van der Waals surface area contributed by atoms with Crippen LogP contribution in [0.4, 0.5) is 0 Å². The molecule has 3 rings (SSSR count). The van der Waals surface area contributed by atoms with Gasteiger partial charge in [0.05, 0.1) is 25.2 Å². The van der Waals surface area contributed by atoms with Gasteiger partial charge in [0, 0.05) is 0 Å². The van der Waals surface area contributed by atoms with E-state index in [9.17, 15) is 4.79 Å². The summed E-state index contributed by atoms with van der Waals surface area (Å²) in [6.45, 7) is 2.15. The number of nitrogens with zero attached hydrogens (tertiary/aromatic N) is 1. The number of hydrogen-bond donors (Lipinski definition) is 1. The van der Waals surface area contributed by atoms with Crippen molar-refractivity contribution in [2.75, 3.05) is 7.11 Å². The molecule has 2 aromatic carbocycles.